The van der Waals surface area contributed by atoms with Gasteiger partial charge in [0, 0.05) is 24.9 Å². The van der Waals surface area contributed by atoms with Crippen LogP contribution in [0.1, 0.15) is 0 Å². The number of aliphatic carboxylic acids is 1. The Labute approximate surface area is 102 Å². The van der Waals surface area contributed by atoms with Gasteiger partial charge in [0.25, 0.3) is 0 Å². The molecule has 0 aliphatic rings. The molecule has 0 atom stereocenters. The van der Waals surface area contributed by atoms with Gasteiger partial charge in [-0.1, -0.05) is 0 Å². The summed E-state index contributed by atoms with van der Waals surface area (Å²) in [5.41, 5.74) is 1.12. The van der Waals surface area contributed by atoms with E-state index in [4.69, 9.17) is 9.84 Å². The average molecular weight is 251 g/mol. The van der Waals surface area contributed by atoms with Crippen LogP contribution >= 0.6 is 0 Å². The zero-order chi connectivity index (χ0) is 13.1. The van der Waals surface area contributed by atoms with Crippen molar-refractivity contribution in [1.29, 1.82) is 0 Å². The number of rotatable bonds is 4. The van der Waals surface area contributed by atoms with Crippen molar-refractivity contribution in [3.8, 4) is 17.1 Å². The van der Waals surface area contributed by atoms with Crippen molar-refractivity contribution in [3.63, 3.8) is 0 Å². The maximum absolute atomic E-state index is 13.0. The van der Waals surface area contributed by atoms with Gasteiger partial charge in [-0.25, -0.2) is 9.18 Å². The summed E-state index contributed by atoms with van der Waals surface area (Å²) >= 11 is 0. The lowest BCUT2D eigenvalue weighted by Gasteiger charge is -1.99. The van der Waals surface area contributed by atoms with E-state index in [1.54, 1.807) is 7.05 Å². The molecule has 94 valence electrons. The quantitative estimate of drug-likeness (QED) is 0.879. The van der Waals surface area contributed by atoms with E-state index >= 15 is 0 Å². The lowest BCUT2D eigenvalue weighted by molar-refractivity contribution is -0.139. The smallest absolute Gasteiger partial charge is 0.341 e. The fourth-order valence-corrected chi connectivity index (χ4v) is 1.47. The molecular formula is C11H10FN3O3. The van der Waals surface area contributed by atoms with Crippen LogP contribution < -0.4 is 4.74 Å². The van der Waals surface area contributed by atoms with Crippen LogP contribution in [0, 0.1) is 5.82 Å². The van der Waals surface area contributed by atoms with Crippen molar-refractivity contribution in [1.82, 2.24) is 14.8 Å². The number of carboxylic acids is 1. The molecule has 0 aromatic carbocycles. The highest BCUT2D eigenvalue weighted by Crippen LogP contribution is 2.22. The summed E-state index contributed by atoms with van der Waals surface area (Å²) < 4.78 is 19.4. The fraction of sp³-hybridized carbons (Fsp3) is 0.182. The molecule has 1 N–H and O–H groups in total. The number of aromatic nitrogens is 3. The van der Waals surface area contributed by atoms with Crippen molar-refractivity contribution in [2.24, 2.45) is 7.05 Å². The maximum Gasteiger partial charge on any atom is 0.341 e. The first-order chi connectivity index (χ1) is 8.56. The van der Waals surface area contributed by atoms with Gasteiger partial charge in [-0.05, 0) is 6.07 Å². The van der Waals surface area contributed by atoms with Gasteiger partial charge < -0.3 is 9.84 Å². The molecule has 0 aliphatic heterocycles. The third-order valence-corrected chi connectivity index (χ3v) is 2.20. The molecule has 2 heterocycles. The van der Waals surface area contributed by atoms with Gasteiger partial charge >= 0.3 is 5.97 Å². The van der Waals surface area contributed by atoms with E-state index in [1.165, 1.54) is 23.0 Å². The average Bonchev–Trinajstić information content (AvgIpc) is 2.68. The van der Waals surface area contributed by atoms with Gasteiger partial charge in [-0.15, -0.1) is 5.10 Å². The van der Waals surface area contributed by atoms with Crippen molar-refractivity contribution in [3.05, 3.63) is 30.3 Å². The van der Waals surface area contributed by atoms with E-state index in [0.717, 1.165) is 6.20 Å². The fourth-order valence-electron chi connectivity index (χ4n) is 1.47. The number of halogens is 1. The van der Waals surface area contributed by atoms with Crippen LogP contribution in [0.3, 0.4) is 0 Å². The number of pyridine rings is 1. The summed E-state index contributed by atoms with van der Waals surface area (Å²) in [7, 11) is 1.65. The molecule has 0 radical (unpaired) electrons. The standard InChI is InChI=1S/C11H10FN3O3/c1-15-9(7-2-8(12)5-13-4-7)3-10(14-15)18-6-11(16)17/h2-5H,6H2,1H3,(H,16,17). The molecule has 0 fully saturated rings. The monoisotopic (exact) mass is 251 g/mol. The highest BCUT2D eigenvalue weighted by Gasteiger charge is 2.10. The second-order valence-corrected chi connectivity index (χ2v) is 3.57. The largest absolute Gasteiger partial charge is 0.479 e. The second-order valence-electron chi connectivity index (χ2n) is 3.57. The first-order valence-electron chi connectivity index (χ1n) is 5.06. The highest BCUT2D eigenvalue weighted by molar-refractivity contribution is 5.68. The van der Waals surface area contributed by atoms with Crippen LogP contribution in [0.15, 0.2) is 24.5 Å². The predicted molar refractivity (Wildman–Crippen MR) is 59.5 cm³/mol. The summed E-state index contributed by atoms with van der Waals surface area (Å²) in [6, 6.07) is 2.84. The molecule has 0 unspecified atom stereocenters. The van der Waals surface area contributed by atoms with E-state index in [9.17, 15) is 9.18 Å². The zero-order valence-electron chi connectivity index (χ0n) is 9.50. The SMILES string of the molecule is Cn1nc(OCC(=O)O)cc1-c1cncc(F)c1. The zero-order valence-corrected chi connectivity index (χ0v) is 9.50. The van der Waals surface area contributed by atoms with Crippen LogP contribution in [0.4, 0.5) is 4.39 Å². The first-order valence-corrected chi connectivity index (χ1v) is 5.06. The van der Waals surface area contributed by atoms with Crippen molar-refractivity contribution in [2.75, 3.05) is 6.61 Å². The molecule has 18 heavy (non-hydrogen) atoms. The van der Waals surface area contributed by atoms with Crippen LogP contribution in [0.5, 0.6) is 5.88 Å². The van der Waals surface area contributed by atoms with Gasteiger partial charge in [0.05, 0.1) is 11.9 Å². The minimum Gasteiger partial charge on any atom is -0.479 e. The van der Waals surface area contributed by atoms with Crippen molar-refractivity contribution in [2.45, 2.75) is 0 Å². The van der Waals surface area contributed by atoms with Crippen LogP contribution in [-0.4, -0.2) is 32.4 Å². The van der Waals surface area contributed by atoms with Gasteiger partial charge in [0.2, 0.25) is 5.88 Å². The van der Waals surface area contributed by atoms with E-state index < -0.39 is 18.4 Å². The maximum atomic E-state index is 13.0. The van der Waals surface area contributed by atoms with Crippen molar-refractivity contribution >= 4 is 5.97 Å². The minimum atomic E-state index is -1.09. The Kier molecular flexibility index (Phi) is 3.22. The minimum absolute atomic E-state index is 0.166. The molecule has 0 saturated heterocycles. The molecule has 0 amide bonds. The molecule has 2 aromatic rings. The van der Waals surface area contributed by atoms with E-state index in [2.05, 4.69) is 10.1 Å². The number of aryl methyl sites for hydroxylation is 1. The van der Waals surface area contributed by atoms with Crippen molar-refractivity contribution < 1.29 is 19.0 Å². The Morgan fingerprint density at radius 1 is 1.50 bits per heavy atom. The molecule has 0 spiro atoms. The van der Waals surface area contributed by atoms with Gasteiger partial charge in [0.1, 0.15) is 5.82 Å². The Morgan fingerprint density at radius 3 is 2.94 bits per heavy atom. The topological polar surface area (TPSA) is 77.2 Å². The molecule has 0 bridgehead atoms. The third kappa shape index (κ3) is 2.62. The van der Waals surface area contributed by atoms with Crippen LogP contribution in [0.25, 0.3) is 11.3 Å². The molecule has 2 aromatic heterocycles. The summed E-state index contributed by atoms with van der Waals surface area (Å²) in [5, 5.41) is 12.5. The molecule has 7 heteroatoms. The third-order valence-electron chi connectivity index (χ3n) is 2.20. The highest BCUT2D eigenvalue weighted by atomic mass is 19.1. The van der Waals surface area contributed by atoms with E-state index in [0.29, 0.717) is 11.3 Å². The predicted octanol–water partition coefficient (Wildman–Crippen LogP) is 1.08. The lowest BCUT2D eigenvalue weighted by atomic mass is 10.2. The Balaban J connectivity index is 2.26. The summed E-state index contributed by atoms with van der Waals surface area (Å²) in [6.07, 6.45) is 2.59. The molecule has 0 saturated carbocycles. The van der Waals surface area contributed by atoms with Crippen LogP contribution in [-0.2, 0) is 11.8 Å². The summed E-state index contributed by atoms with van der Waals surface area (Å²) in [4.78, 5) is 14.1. The number of hydrogen-bond donors (Lipinski definition) is 1. The van der Waals surface area contributed by atoms with Gasteiger partial charge in [0.15, 0.2) is 6.61 Å². The van der Waals surface area contributed by atoms with E-state index in [-0.39, 0.29) is 5.88 Å². The lowest BCUT2D eigenvalue weighted by Crippen LogP contribution is -2.09. The Hall–Kier alpha value is -2.44. The normalized spacial score (nSPS) is 10.3. The van der Waals surface area contributed by atoms with Gasteiger partial charge in [-0.2, -0.15) is 0 Å². The number of ether oxygens (including phenoxy) is 1. The Bertz CT molecular complexity index is 583. The van der Waals surface area contributed by atoms with E-state index in [1.807, 2.05) is 0 Å². The summed E-state index contributed by atoms with van der Waals surface area (Å²) in [5.74, 6) is -1.38. The van der Waals surface area contributed by atoms with Crippen LogP contribution in [0.2, 0.25) is 0 Å². The molecule has 2 rings (SSSR count). The number of carbonyl (C=O) groups is 1. The number of nitrogens with zero attached hydrogens (tertiary/aromatic N) is 3. The molecule has 6 nitrogen and oxygen atoms in total. The first kappa shape index (κ1) is 12.0. The molecule has 0 aliphatic carbocycles. The molecular weight excluding hydrogens is 241 g/mol. The Morgan fingerprint density at radius 2 is 2.28 bits per heavy atom. The summed E-state index contributed by atoms with van der Waals surface area (Å²) in [6.45, 7) is -0.474. The van der Waals surface area contributed by atoms with Gasteiger partial charge in [-0.3, -0.25) is 9.67 Å². The number of carboxylic acid groups (broad SMARTS) is 1. The number of hydrogen-bond acceptors (Lipinski definition) is 4. The second kappa shape index (κ2) is 4.82.